The van der Waals surface area contributed by atoms with E-state index in [2.05, 4.69) is 26.4 Å². The first-order valence-corrected chi connectivity index (χ1v) is 11.2. The maximum Gasteiger partial charge on any atom is 0.233 e. The normalized spacial score (nSPS) is 19.7. The third-order valence-electron chi connectivity index (χ3n) is 5.63. The minimum Gasteiger partial charge on any atom is -0.376 e. The summed E-state index contributed by atoms with van der Waals surface area (Å²) in [5.41, 5.74) is 2.18. The van der Waals surface area contributed by atoms with Crippen molar-refractivity contribution in [2.24, 2.45) is 0 Å². The number of carbonyl (C=O) groups excluding carboxylic acids is 1. The van der Waals surface area contributed by atoms with Crippen molar-refractivity contribution in [3.63, 3.8) is 0 Å². The number of piperazine rings is 1. The van der Waals surface area contributed by atoms with Gasteiger partial charge in [-0.3, -0.25) is 4.79 Å². The number of hydrogen-bond donors (Lipinski definition) is 0. The molecule has 8 nitrogen and oxygen atoms in total. The number of imidazole rings is 1. The highest BCUT2D eigenvalue weighted by molar-refractivity contribution is 7.99. The first kappa shape index (κ1) is 20.2. The predicted molar refractivity (Wildman–Crippen MR) is 112 cm³/mol. The molecule has 0 bridgehead atoms. The Hall–Kier alpha value is -2.13. The number of hydrogen-bond acceptors (Lipinski definition) is 7. The molecule has 2 fully saturated rings. The molecule has 29 heavy (non-hydrogen) atoms. The van der Waals surface area contributed by atoms with Gasteiger partial charge in [0.15, 0.2) is 5.16 Å². The van der Waals surface area contributed by atoms with Gasteiger partial charge in [0.25, 0.3) is 0 Å². The van der Waals surface area contributed by atoms with Crippen LogP contribution >= 0.6 is 11.8 Å². The molecule has 0 radical (unpaired) electrons. The maximum atomic E-state index is 12.8. The van der Waals surface area contributed by atoms with Crippen LogP contribution in [0.15, 0.2) is 23.6 Å². The monoisotopic (exact) mass is 416 g/mol. The first-order valence-electron chi connectivity index (χ1n) is 10.2. The largest absolute Gasteiger partial charge is 0.376 e. The molecular formula is C20H28N6O2S. The average molecular weight is 417 g/mol. The van der Waals surface area contributed by atoms with Crippen molar-refractivity contribution in [1.82, 2.24) is 24.4 Å². The lowest BCUT2D eigenvalue weighted by molar-refractivity contribution is -0.128. The summed E-state index contributed by atoms with van der Waals surface area (Å²) in [7, 11) is 0. The molecule has 2 saturated heterocycles. The number of nitrogens with zero attached hydrogens (tertiary/aromatic N) is 6. The Bertz CT molecular complexity index is 829. The van der Waals surface area contributed by atoms with E-state index in [1.807, 2.05) is 17.9 Å². The van der Waals surface area contributed by atoms with E-state index >= 15 is 0 Å². The SMILES string of the molecule is Cc1nc(SCC(=O)N2CCN(c3ncccn3)CC2)n(CC2CCCO2)c1C. The van der Waals surface area contributed by atoms with E-state index in [0.29, 0.717) is 18.8 Å². The molecule has 2 aliphatic heterocycles. The van der Waals surface area contributed by atoms with Gasteiger partial charge in [0, 0.05) is 50.9 Å². The van der Waals surface area contributed by atoms with Gasteiger partial charge in [-0.25, -0.2) is 15.0 Å². The Morgan fingerprint density at radius 2 is 1.97 bits per heavy atom. The standard InChI is InChI=1S/C20H28N6O2S/c1-15-16(2)26(13-17-5-3-12-28-17)20(23-15)29-14-18(27)24-8-10-25(11-9-24)19-21-6-4-7-22-19/h4,6-7,17H,3,5,8-14H2,1-2H3. The van der Waals surface area contributed by atoms with Gasteiger partial charge in [0.1, 0.15) is 0 Å². The zero-order valence-electron chi connectivity index (χ0n) is 17.1. The number of amides is 1. The van der Waals surface area contributed by atoms with Crippen LogP contribution in [-0.2, 0) is 16.1 Å². The van der Waals surface area contributed by atoms with Crippen molar-refractivity contribution >= 4 is 23.6 Å². The lowest BCUT2D eigenvalue weighted by atomic mass is 10.2. The van der Waals surface area contributed by atoms with Crippen LogP contribution in [0, 0.1) is 13.8 Å². The third kappa shape index (κ3) is 4.72. The van der Waals surface area contributed by atoms with Gasteiger partial charge < -0.3 is 19.1 Å². The minimum absolute atomic E-state index is 0.158. The molecule has 2 aromatic heterocycles. The van der Waals surface area contributed by atoms with E-state index in [4.69, 9.17) is 9.72 Å². The Labute approximate surface area is 175 Å². The fourth-order valence-corrected chi connectivity index (χ4v) is 4.77. The number of aromatic nitrogens is 4. The fraction of sp³-hybridized carbons (Fsp3) is 0.600. The summed E-state index contributed by atoms with van der Waals surface area (Å²) in [6, 6.07) is 1.81. The van der Waals surface area contributed by atoms with Crippen LogP contribution in [0.5, 0.6) is 0 Å². The topological polar surface area (TPSA) is 76.4 Å². The van der Waals surface area contributed by atoms with Crippen LogP contribution in [0.1, 0.15) is 24.2 Å². The van der Waals surface area contributed by atoms with Crippen molar-refractivity contribution in [3.8, 4) is 0 Å². The van der Waals surface area contributed by atoms with Crippen molar-refractivity contribution < 1.29 is 9.53 Å². The molecular weight excluding hydrogens is 388 g/mol. The van der Waals surface area contributed by atoms with Crippen LogP contribution < -0.4 is 4.90 Å². The van der Waals surface area contributed by atoms with Crippen molar-refractivity contribution in [2.45, 2.75) is 44.5 Å². The molecule has 2 aromatic rings. The molecule has 156 valence electrons. The maximum absolute atomic E-state index is 12.8. The number of rotatable bonds is 6. The highest BCUT2D eigenvalue weighted by Gasteiger charge is 2.24. The van der Waals surface area contributed by atoms with E-state index in [-0.39, 0.29) is 12.0 Å². The molecule has 0 N–H and O–H groups in total. The summed E-state index contributed by atoms with van der Waals surface area (Å²) in [4.78, 5) is 30.1. The quantitative estimate of drug-likeness (QED) is 0.666. The van der Waals surface area contributed by atoms with Gasteiger partial charge in [-0.1, -0.05) is 11.8 Å². The van der Waals surface area contributed by atoms with Crippen LogP contribution in [0.25, 0.3) is 0 Å². The van der Waals surface area contributed by atoms with Gasteiger partial charge in [0.05, 0.1) is 24.1 Å². The molecule has 4 rings (SSSR count). The van der Waals surface area contributed by atoms with E-state index in [1.54, 1.807) is 12.4 Å². The average Bonchev–Trinajstić information content (AvgIpc) is 3.37. The van der Waals surface area contributed by atoms with Crippen molar-refractivity contribution in [3.05, 3.63) is 29.8 Å². The summed E-state index contributed by atoms with van der Waals surface area (Å²) >= 11 is 1.53. The molecule has 1 unspecified atom stereocenters. The fourth-order valence-electron chi connectivity index (χ4n) is 3.77. The molecule has 4 heterocycles. The van der Waals surface area contributed by atoms with Crippen LogP contribution in [0.2, 0.25) is 0 Å². The highest BCUT2D eigenvalue weighted by atomic mass is 32.2. The van der Waals surface area contributed by atoms with Gasteiger partial charge in [-0.05, 0) is 32.8 Å². The zero-order valence-corrected chi connectivity index (χ0v) is 17.9. The number of carbonyl (C=O) groups is 1. The lowest BCUT2D eigenvalue weighted by Gasteiger charge is -2.34. The third-order valence-corrected chi connectivity index (χ3v) is 6.59. The van der Waals surface area contributed by atoms with E-state index in [9.17, 15) is 4.79 Å². The van der Waals surface area contributed by atoms with Gasteiger partial charge in [-0.15, -0.1) is 0 Å². The summed E-state index contributed by atoms with van der Waals surface area (Å²) < 4.78 is 8.01. The van der Waals surface area contributed by atoms with Crippen molar-refractivity contribution in [2.75, 3.05) is 43.4 Å². The Morgan fingerprint density at radius 1 is 1.21 bits per heavy atom. The van der Waals surface area contributed by atoms with Crippen LogP contribution in [0.3, 0.4) is 0 Å². The molecule has 2 aliphatic rings. The molecule has 1 amide bonds. The second kappa shape index (κ2) is 9.13. The second-order valence-electron chi connectivity index (χ2n) is 7.52. The van der Waals surface area contributed by atoms with Gasteiger partial charge >= 0.3 is 0 Å². The highest BCUT2D eigenvalue weighted by Crippen LogP contribution is 2.24. The first-order chi connectivity index (χ1) is 14.1. The molecule has 0 spiro atoms. The summed E-state index contributed by atoms with van der Waals surface area (Å²) in [6.45, 7) is 8.68. The molecule has 9 heteroatoms. The van der Waals surface area contributed by atoms with Crippen LogP contribution in [-0.4, -0.2) is 75.0 Å². The number of thioether (sulfide) groups is 1. The number of ether oxygens (including phenoxy) is 1. The lowest BCUT2D eigenvalue weighted by Crippen LogP contribution is -2.49. The summed E-state index contributed by atoms with van der Waals surface area (Å²) in [6.07, 6.45) is 5.97. The zero-order chi connectivity index (χ0) is 20.2. The van der Waals surface area contributed by atoms with Gasteiger partial charge in [-0.2, -0.15) is 0 Å². The van der Waals surface area contributed by atoms with E-state index in [1.165, 1.54) is 11.8 Å². The van der Waals surface area contributed by atoms with E-state index < -0.39 is 0 Å². The summed E-state index contributed by atoms with van der Waals surface area (Å²) in [5, 5.41) is 0.917. The number of anilines is 1. The smallest absolute Gasteiger partial charge is 0.233 e. The summed E-state index contributed by atoms with van der Waals surface area (Å²) in [5.74, 6) is 1.30. The molecule has 0 aromatic carbocycles. The minimum atomic E-state index is 0.158. The molecule has 0 aliphatic carbocycles. The Balaban J connectivity index is 1.31. The van der Waals surface area contributed by atoms with Crippen molar-refractivity contribution in [1.29, 1.82) is 0 Å². The Kier molecular flexibility index (Phi) is 6.34. The number of aryl methyl sites for hydroxylation is 1. The van der Waals surface area contributed by atoms with E-state index in [0.717, 1.165) is 61.6 Å². The predicted octanol–water partition coefficient (Wildman–Crippen LogP) is 1.91. The Morgan fingerprint density at radius 3 is 2.66 bits per heavy atom. The second-order valence-corrected chi connectivity index (χ2v) is 8.46. The van der Waals surface area contributed by atoms with Crippen LogP contribution in [0.4, 0.5) is 5.95 Å². The van der Waals surface area contributed by atoms with Gasteiger partial charge in [0.2, 0.25) is 11.9 Å². The molecule has 1 atom stereocenters. The molecule has 0 saturated carbocycles.